The minimum Gasteiger partial charge on any atom is -0.475 e. The molecule has 0 saturated heterocycles. The van der Waals surface area contributed by atoms with Gasteiger partial charge in [0.25, 0.3) is 5.91 Å². The second-order valence-corrected chi connectivity index (χ2v) is 8.56. The van der Waals surface area contributed by atoms with Crippen LogP contribution in [0.25, 0.3) is 10.1 Å². The number of imidazole rings is 1. The fourth-order valence-electron chi connectivity index (χ4n) is 3.79. The summed E-state index contributed by atoms with van der Waals surface area (Å²) in [6.45, 7) is -0.395. The highest BCUT2D eigenvalue weighted by Crippen LogP contribution is 2.36. The molecular weight excluding hydrogens is 492 g/mol. The zero-order valence-corrected chi connectivity index (χ0v) is 18.4. The zero-order chi connectivity index (χ0) is 24.1. The molecule has 4 aromatic rings. The summed E-state index contributed by atoms with van der Waals surface area (Å²) >= 11 is 7.23. The molecule has 2 aromatic heterocycles. The molecule has 0 fully saturated rings. The van der Waals surface area contributed by atoms with Crippen molar-refractivity contribution in [2.45, 2.75) is 12.6 Å². The van der Waals surface area contributed by atoms with Crippen molar-refractivity contribution in [2.75, 3.05) is 5.32 Å². The number of carbonyl (C=O) groups is 3. The van der Waals surface area contributed by atoms with E-state index in [9.17, 15) is 28.3 Å². The van der Waals surface area contributed by atoms with Gasteiger partial charge in [-0.2, -0.15) is 4.37 Å². The van der Waals surface area contributed by atoms with Crippen LogP contribution in [0.15, 0.2) is 36.4 Å². The fourth-order valence-corrected chi connectivity index (χ4v) is 4.77. The van der Waals surface area contributed by atoms with Gasteiger partial charge in [-0.25, -0.2) is 18.6 Å². The maximum absolute atomic E-state index is 14.0. The minimum absolute atomic E-state index is 0.0849. The van der Waals surface area contributed by atoms with Crippen LogP contribution >= 0.6 is 23.1 Å². The predicted octanol–water partition coefficient (Wildman–Crippen LogP) is 3.59. The van der Waals surface area contributed by atoms with Crippen molar-refractivity contribution in [3.8, 4) is 0 Å². The molecule has 1 unspecified atom stereocenters. The number of hydrogen-bond donors (Lipinski definition) is 3. The lowest BCUT2D eigenvalue weighted by Gasteiger charge is -2.27. The Hall–Kier alpha value is -3.90. The molecule has 0 saturated carbocycles. The largest absolute Gasteiger partial charge is 0.475 e. The Bertz CT molecular complexity index is 1520. The number of aromatic nitrogens is 3. The van der Waals surface area contributed by atoms with Crippen LogP contribution < -0.4 is 10.6 Å². The van der Waals surface area contributed by atoms with Crippen molar-refractivity contribution in [3.05, 3.63) is 75.8 Å². The second kappa shape index (κ2) is 8.15. The van der Waals surface area contributed by atoms with E-state index in [2.05, 4.69) is 20.0 Å². The number of fused-ring (bicyclic) bond motifs is 2. The average molecular weight is 504 g/mol. The predicted molar refractivity (Wildman–Crippen MR) is 118 cm³/mol. The Morgan fingerprint density at radius 1 is 1.21 bits per heavy atom. The van der Waals surface area contributed by atoms with Crippen LogP contribution in [0, 0.1) is 11.6 Å². The van der Waals surface area contributed by atoms with Crippen LogP contribution in [0.1, 0.15) is 38.4 Å². The summed E-state index contributed by atoms with van der Waals surface area (Å²) in [5.41, 5.74) is 0.145. The van der Waals surface area contributed by atoms with Gasteiger partial charge in [0.2, 0.25) is 11.7 Å². The molecule has 1 aliphatic heterocycles. The SMILES string of the molecule is O=C1Cn2c(C(=O)O)nc(NC(=O)c3nsc4ccc(F)cc34)c2C(c2cc(F)ccc2Cl)N1. The topological polar surface area (TPSA) is 126 Å². The highest BCUT2D eigenvalue weighted by molar-refractivity contribution is 7.13. The first-order chi connectivity index (χ1) is 16.2. The molecular formula is C21H12ClF2N5O4S. The number of carbonyl (C=O) groups excluding carboxylic acids is 2. The number of aromatic carboxylic acids is 1. The third kappa shape index (κ3) is 3.66. The van der Waals surface area contributed by atoms with Gasteiger partial charge in [-0.1, -0.05) is 11.6 Å². The molecule has 172 valence electrons. The van der Waals surface area contributed by atoms with Gasteiger partial charge in [0.1, 0.15) is 23.9 Å². The van der Waals surface area contributed by atoms with Crippen LogP contribution in [0.5, 0.6) is 0 Å². The second-order valence-electron chi connectivity index (χ2n) is 7.35. The quantitative estimate of drug-likeness (QED) is 0.390. The number of benzene rings is 2. The van der Waals surface area contributed by atoms with E-state index in [1.807, 2.05) is 0 Å². The summed E-state index contributed by atoms with van der Waals surface area (Å²) in [5.74, 6) is -4.66. The standard InChI is InChI=1S/C21H12ClF2N5O4S/c22-12-3-1-8(23)5-10(12)15-17-18(26-19(21(32)33)29(17)7-14(30)25-15)27-20(31)16-11-6-9(24)2-4-13(11)34-28-16/h1-6,15H,7H2,(H,25,30)(H,27,31)(H,32,33). The van der Waals surface area contributed by atoms with Gasteiger partial charge < -0.3 is 20.3 Å². The third-order valence-electron chi connectivity index (χ3n) is 5.23. The molecule has 34 heavy (non-hydrogen) atoms. The highest BCUT2D eigenvalue weighted by Gasteiger charge is 2.36. The lowest BCUT2D eigenvalue weighted by molar-refractivity contribution is -0.123. The molecule has 1 aliphatic rings. The Kier molecular flexibility index (Phi) is 5.25. The van der Waals surface area contributed by atoms with Crippen LogP contribution in [-0.4, -0.2) is 36.8 Å². The lowest BCUT2D eigenvalue weighted by Crippen LogP contribution is -2.40. The van der Waals surface area contributed by atoms with E-state index in [0.717, 1.165) is 34.3 Å². The van der Waals surface area contributed by atoms with Crippen molar-refractivity contribution in [2.24, 2.45) is 0 Å². The maximum atomic E-state index is 14.0. The van der Waals surface area contributed by atoms with E-state index < -0.39 is 47.8 Å². The molecule has 2 amide bonds. The molecule has 0 aliphatic carbocycles. The van der Waals surface area contributed by atoms with Gasteiger partial charge in [0.15, 0.2) is 5.82 Å². The molecule has 0 bridgehead atoms. The number of carboxylic acids is 1. The summed E-state index contributed by atoms with van der Waals surface area (Å²) in [5, 5.41) is 15.1. The van der Waals surface area contributed by atoms with Gasteiger partial charge in [-0.3, -0.25) is 9.59 Å². The Balaban J connectivity index is 1.63. The fraction of sp³-hybridized carbons (Fsp3) is 0.0952. The number of nitrogens with one attached hydrogen (secondary N) is 2. The molecule has 5 rings (SSSR count). The molecule has 1 atom stereocenters. The number of anilines is 1. The first-order valence-electron chi connectivity index (χ1n) is 9.67. The number of rotatable bonds is 4. The summed E-state index contributed by atoms with van der Waals surface area (Å²) in [6.07, 6.45) is 0. The summed E-state index contributed by atoms with van der Waals surface area (Å²) in [4.78, 5) is 41.2. The van der Waals surface area contributed by atoms with Crippen LogP contribution in [0.3, 0.4) is 0 Å². The first-order valence-corrected chi connectivity index (χ1v) is 10.8. The first kappa shape index (κ1) is 21.9. The number of amides is 2. The number of nitrogens with zero attached hydrogens (tertiary/aromatic N) is 3. The van der Waals surface area contributed by atoms with E-state index in [0.29, 0.717) is 4.70 Å². The van der Waals surface area contributed by atoms with Gasteiger partial charge in [0.05, 0.1) is 16.4 Å². The Morgan fingerprint density at radius 3 is 2.71 bits per heavy atom. The molecule has 3 N–H and O–H groups in total. The zero-order valence-electron chi connectivity index (χ0n) is 16.8. The number of halogens is 3. The van der Waals surface area contributed by atoms with Crippen LogP contribution in [-0.2, 0) is 11.3 Å². The lowest BCUT2D eigenvalue weighted by atomic mass is 10.0. The molecule has 13 heteroatoms. The van der Waals surface area contributed by atoms with E-state index in [1.165, 1.54) is 18.2 Å². The van der Waals surface area contributed by atoms with Crippen molar-refractivity contribution in [1.82, 2.24) is 19.2 Å². The summed E-state index contributed by atoms with van der Waals surface area (Å²) in [6, 6.07) is 6.30. The van der Waals surface area contributed by atoms with Gasteiger partial charge in [0, 0.05) is 16.0 Å². The summed E-state index contributed by atoms with van der Waals surface area (Å²) in [7, 11) is 0. The minimum atomic E-state index is -1.44. The monoisotopic (exact) mass is 503 g/mol. The smallest absolute Gasteiger partial charge is 0.372 e. The van der Waals surface area contributed by atoms with Crippen molar-refractivity contribution in [3.63, 3.8) is 0 Å². The highest BCUT2D eigenvalue weighted by atomic mass is 35.5. The van der Waals surface area contributed by atoms with E-state index in [1.54, 1.807) is 0 Å². The average Bonchev–Trinajstić information content (AvgIpc) is 3.36. The molecule has 2 aromatic carbocycles. The van der Waals surface area contributed by atoms with E-state index in [-0.39, 0.29) is 33.2 Å². The maximum Gasteiger partial charge on any atom is 0.372 e. The van der Waals surface area contributed by atoms with E-state index >= 15 is 0 Å². The van der Waals surface area contributed by atoms with Gasteiger partial charge >= 0.3 is 5.97 Å². The molecule has 0 spiro atoms. The number of carboxylic acid groups (broad SMARTS) is 1. The Morgan fingerprint density at radius 2 is 1.94 bits per heavy atom. The molecule has 0 radical (unpaired) electrons. The van der Waals surface area contributed by atoms with Gasteiger partial charge in [-0.15, -0.1) is 0 Å². The normalized spacial score (nSPS) is 15.1. The third-order valence-corrected chi connectivity index (χ3v) is 6.40. The summed E-state index contributed by atoms with van der Waals surface area (Å²) < 4.78 is 33.5. The van der Waals surface area contributed by atoms with Gasteiger partial charge in [-0.05, 0) is 47.9 Å². The number of hydrogen-bond acceptors (Lipinski definition) is 6. The van der Waals surface area contributed by atoms with Crippen LogP contribution in [0.4, 0.5) is 14.6 Å². The van der Waals surface area contributed by atoms with Crippen molar-refractivity contribution < 1.29 is 28.3 Å². The van der Waals surface area contributed by atoms with Crippen molar-refractivity contribution in [1.29, 1.82) is 0 Å². The Labute approximate surface area is 198 Å². The molecule has 9 nitrogen and oxygen atoms in total. The van der Waals surface area contributed by atoms with Crippen molar-refractivity contribution >= 4 is 56.8 Å². The van der Waals surface area contributed by atoms with E-state index in [4.69, 9.17) is 11.6 Å². The van der Waals surface area contributed by atoms with Crippen LogP contribution in [0.2, 0.25) is 5.02 Å². The molecule has 3 heterocycles.